The maximum absolute atomic E-state index is 13.1. The maximum atomic E-state index is 13.1. The van der Waals surface area contributed by atoms with Crippen LogP contribution in [0, 0.1) is 0 Å². The molecular formula is C26H26Cl2N4O3. The molecular weight excluding hydrogens is 487 g/mol. The Kier molecular flexibility index (Phi) is 7.31. The number of nitrogens with zero attached hydrogens (tertiary/aromatic N) is 3. The number of hydrogen-bond acceptors (Lipinski definition) is 6. The van der Waals surface area contributed by atoms with E-state index in [0.717, 1.165) is 17.9 Å². The number of hydrogen-bond donors (Lipinski definition) is 2. The highest BCUT2D eigenvalue weighted by atomic mass is 35.5. The quantitative estimate of drug-likeness (QED) is 0.461. The van der Waals surface area contributed by atoms with Gasteiger partial charge in [0.25, 0.3) is 5.91 Å². The van der Waals surface area contributed by atoms with Gasteiger partial charge >= 0.3 is 0 Å². The van der Waals surface area contributed by atoms with Crippen LogP contribution in [0.2, 0.25) is 5.15 Å². The minimum absolute atomic E-state index is 0.148. The lowest BCUT2D eigenvalue weighted by Gasteiger charge is -2.31. The molecule has 182 valence electrons. The van der Waals surface area contributed by atoms with Crippen LogP contribution in [-0.2, 0) is 5.41 Å². The summed E-state index contributed by atoms with van der Waals surface area (Å²) in [6, 6.07) is 12.7. The lowest BCUT2D eigenvalue weighted by atomic mass is 9.76. The standard InChI is InChI=1S/C26H26Cl2N4O3/c1-26(17-5-4-6-18(14-17)35-12-11-32(2)3)10-9-21(27)22(15-26)29-24(33)16-7-8-19-20(13-16)25(34)31-30-23(19)28/h4-9,13-15H,10-12H2,1-3H3,(H,29,33)(H,31,34). The lowest BCUT2D eigenvalue weighted by Crippen LogP contribution is -2.29. The highest BCUT2D eigenvalue weighted by Gasteiger charge is 2.29. The Morgan fingerprint density at radius 2 is 1.97 bits per heavy atom. The molecule has 0 saturated carbocycles. The van der Waals surface area contributed by atoms with Crippen LogP contribution in [-0.4, -0.2) is 53.4 Å². The molecule has 0 bridgehead atoms. The van der Waals surface area contributed by atoms with Gasteiger partial charge in [-0.1, -0.05) is 54.4 Å². The van der Waals surface area contributed by atoms with Crippen molar-refractivity contribution in [3.63, 3.8) is 0 Å². The lowest BCUT2D eigenvalue weighted by molar-refractivity contribution is 0.0966. The first-order chi connectivity index (χ1) is 16.7. The average molecular weight is 513 g/mol. The molecule has 0 saturated heterocycles. The van der Waals surface area contributed by atoms with E-state index in [1.807, 2.05) is 50.5 Å². The first-order valence-corrected chi connectivity index (χ1v) is 11.8. The second-order valence-electron chi connectivity index (χ2n) is 8.94. The summed E-state index contributed by atoms with van der Waals surface area (Å²) in [5.74, 6) is 0.124. The van der Waals surface area contributed by atoms with Crippen LogP contribution in [0.4, 0.5) is 0 Å². The van der Waals surface area contributed by atoms with Gasteiger partial charge in [-0.2, -0.15) is 0 Å². The Bertz CT molecular complexity index is 1340. The monoisotopic (exact) mass is 512 g/mol. The molecule has 1 aliphatic carbocycles. The Labute approximate surface area is 214 Å². The zero-order valence-corrected chi connectivity index (χ0v) is 21.2. The number of fused-ring (bicyclic) bond motifs is 1. The van der Waals surface area contributed by atoms with Gasteiger partial charge in [0.05, 0.1) is 10.7 Å². The van der Waals surface area contributed by atoms with Crippen molar-refractivity contribution >= 4 is 39.9 Å². The maximum Gasteiger partial charge on any atom is 0.255 e. The van der Waals surface area contributed by atoms with Crippen LogP contribution < -0.4 is 10.1 Å². The number of likely N-dealkylation sites (N-methyl/N-ethyl adjacent to an activating group) is 1. The number of benzene rings is 2. The Hall–Kier alpha value is -3.13. The van der Waals surface area contributed by atoms with E-state index in [-0.39, 0.29) is 16.9 Å². The molecule has 0 spiro atoms. The van der Waals surface area contributed by atoms with Crippen molar-refractivity contribution in [2.24, 2.45) is 0 Å². The van der Waals surface area contributed by atoms with Gasteiger partial charge < -0.3 is 20.1 Å². The van der Waals surface area contributed by atoms with Crippen LogP contribution in [0.1, 0.15) is 29.3 Å². The van der Waals surface area contributed by atoms with E-state index >= 15 is 0 Å². The van der Waals surface area contributed by atoms with E-state index in [2.05, 4.69) is 27.3 Å². The number of carbonyl (C=O) groups is 1. The predicted molar refractivity (Wildman–Crippen MR) is 138 cm³/mol. The van der Waals surface area contributed by atoms with Gasteiger partial charge in [-0.3, -0.25) is 4.79 Å². The molecule has 1 unspecified atom stereocenters. The highest BCUT2D eigenvalue weighted by molar-refractivity contribution is 6.34. The van der Waals surface area contributed by atoms with Gasteiger partial charge in [0.1, 0.15) is 12.4 Å². The van der Waals surface area contributed by atoms with Crippen molar-refractivity contribution in [1.29, 1.82) is 0 Å². The van der Waals surface area contributed by atoms with Crippen molar-refractivity contribution in [2.45, 2.75) is 18.8 Å². The molecule has 35 heavy (non-hydrogen) atoms. The number of nitrogens with one attached hydrogen (secondary N) is 1. The molecule has 0 radical (unpaired) electrons. The molecule has 9 heteroatoms. The van der Waals surface area contributed by atoms with Gasteiger partial charge in [-0.15, -0.1) is 10.2 Å². The number of halogens is 2. The van der Waals surface area contributed by atoms with E-state index < -0.39 is 5.41 Å². The third-order valence-electron chi connectivity index (χ3n) is 5.95. The highest BCUT2D eigenvalue weighted by Crippen LogP contribution is 2.38. The fourth-order valence-corrected chi connectivity index (χ4v) is 4.27. The van der Waals surface area contributed by atoms with Gasteiger partial charge in [0.2, 0.25) is 5.88 Å². The Morgan fingerprint density at radius 3 is 2.74 bits per heavy atom. The largest absolute Gasteiger partial charge is 0.492 e. The first-order valence-electron chi connectivity index (χ1n) is 11.1. The smallest absolute Gasteiger partial charge is 0.255 e. The number of aromatic hydroxyl groups is 1. The molecule has 7 nitrogen and oxygen atoms in total. The van der Waals surface area contributed by atoms with Crippen LogP contribution in [0.5, 0.6) is 11.6 Å². The zero-order valence-electron chi connectivity index (χ0n) is 19.7. The molecule has 1 aliphatic rings. The van der Waals surface area contributed by atoms with Gasteiger partial charge in [0.15, 0.2) is 5.15 Å². The molecule has 2 aromatic carbocycles. The Morgan fingerprint density at radius 1 is 1.17 bits per heavy atom. The van der Waals surface area contributed by atoms with Crippen molar-refractivity contribution in [3.8, 4) is 11.6 Å². The summed E-state index contributed by atoms with van der Waals surface area (Å²) in [5, 5.41) is 21.7. The number of ether oxygens (including phenoxy) is 1. The summed E-state index contributed by atoms with van der Waals surface area (Å²) in [7, 11) is 4.01. The van der Waals surface area contributed by atoms with Crippen molar-refractivity contribution in [1.82, 2.24) is 20.4 Å². The molecule has 2 N–H and O–H groups in total. The summed E-state index contributed by atoms with van der Waals surface area (Å²) in [4.78, 5) is 15.1. The third kappa shape index (κ3) is 5.59. The zero-order chi connectivity index (χ0) is 25.2. The molecule has 1 heterocycles. The van der Waals surface area contributed by atoms with Gasteiger partial charge in [-0.25, -0.2) is 0 Å². The number of amides is 1. The average Bonchev–Trinajstić information content (AvgIpc) is 2.83. The summed E-state index contributed by atoms with van der Waals surface area (Å²) < 4.78 is 5.90. The summed E-state index contributed by atoms with van der Waals surface area (Å²) in [6.45, 7) is 3.50. The number of rotatable bonds is 7. The van der Waals surface area contributed by atoms with E-state index in [9.17, 15) is 9.90 Å². The minimum atomic E-state index is -0.396. The fraction of sp³-hybridized carbons (Fsp3) is 0.269. The number of aromatic nitrogens is 2. The number of allylic oxidation sites excluding steroid dienone is 3. The SMILES string of the molecule is CN(C)CCOc1cccc(C2(C)C=C(NC(=O)c3ccc4c(Cl)nnc(O)c4c3)C(Cl)=CC2)c1. The van der Waals surface area contributed by atoms with Crippen molar-refractivity contribution < 1.29 is 14.6 Å². The topological polar surface area (TPSA) is 87.6 Å². The second-order valence-corrected chi connectivity index (χ2v) is 9.71. The van der Waals surface area contributed by atoms with Crippen LogP contribution in [0.25, 0.3) is 10.8 Å². The van der Waals surface area contributed by atoms with Crippen LogP contribution >= 0.6 is 23.2 Å². The second kappa shape index (κ2) is 10.2. The molecule has 3 aromatic rings. The summed E-state index contributed by atoms with van der Waals surface area (Å²) >= 11 is 12.5. The van der Waals surface area contributed by atoms with Crippen molar-refractivity contribution in [3.05, 3.63) is 81.6 Å². The van der Waals surface area contributed by atoms with E-state index in [4.69, 9.17) is 27.9 Å². The predicted octanol–water partition coefficient (Wildman–Crippen LogP) is 5.03. The fourth-order valence-electron chi connectivity index (χ4n) is 3.89. The summed E-state index contributed by atoms with van der Waals surface area (Å²) in [6.07, 6.45) is 4.54. The van der Waals surface area contributed by atoms with E-state index in [1.54, 1.807) is 12.1 Å². The molecule has 4 rings (SSSR count). The van der Waals surface area contributed by atoms with Crippen molar-refractivity contribution in [2.75, 3.05) is 27.2 Å². The normalized spacial score (nSPS) is 17.8. The van der Waals surface area contributed by atoms with Crippen LogP contribution in [0.3, 0.4) is 0 Å². The Balaban J connectivity index is 1.57. The molecule has 0 aliphatic heterocycles. The minimum Gasteiger partial charge on any atom is -0.492 e. The molecule has 1 amide bonds. The molecule has 1 atom stereocenters. The van der Waals surface area contributed by atoms with E-state index in [1.165, 1.54) is 6.07 Å². The van der Waals surface area contributed by atoms with Gasteiger partial charge in [0, 0.05) is 28.3 Å². The summed E-state index contributed by atoms with van der Waals surface area (Å²) in [5.41, 5.74) is 1.49. The number of carbonyl (C=O) groups excluding carboxylic acids is 1. The first kappa shape index (κ1) is 25.0. The van der Waals surface area contributed by atoms with Crippen LogP contribution in [0.15, 0.2) is 65.3 Å². The third-order valence-corrected chi connectivity index (χ3v) is 6.59. The molecule has 1 aromatic heterocycles. The van der Waals surface area contributed by atoms with Gasteiger partial charge in [-0.05, 0) is 56.4 Å². The molecule has 0 fully saturated rings. The van der Waals surface area contributed by atoms with E-state index in [0.29, 0.717) is 40.1 Å².